The fourth-order valence-corrected chi connectivity index (χ4v) is 2.94. The van der Waals surface area contributed by atoms with Crippen LogP contribution in [0.1, 0.15) is 19.4 Å². The summed E-state index contributed by atoms with van der Waals surface area (Å²) in [7, 11) is 3.08. The summed E-state index contributed by atoms with van der Waals surface area (Å²) in [6, 6.07) is 8.93. The Hall–Kier alpha value is -2.80. The Kier molecular flexibility index (Phi) is 7.23. The standard InChI is InChI=1S/C20H23ClFN3O3/c1-12(20(27)25(3)11-15-16(21)6-5-7-17(15)22)23-14-8-9-18(24-13(2)26)19(10-14)28-4/h5-10,12,23H,11H2,1-4H3,(H,24,26). The first kappa shape index (κ1) is 21.5. The molecular formula is C20H23ClFN3O3. The fraction of sp³-hybridized carbons (Fsp3) is 0.300. The highest BCUT2D eigenvalue weighted by molar-refractivity contribution is 6.31. The minimum Gasteiger partial charge on any atom is -0.494 e. The zero-order valence-corrected chi connectivity index (χ0v) is 16.9. The van der Waals surface area contributed by atoms with E-state index in [0.29, 0.717) is 17.1 Å². The van der Waals surface area contributed by atoms with Crippen molar-refractivity contribution in [3.63, 3.8) is 0 Å². The third kappa shape index (κ3) is 5.36. The third-order valence-electron chi connectivity index (χ3n) is 4.10. The quantitative estimate of drug-likeness (QED) is 0.730. The van der Waals surface area contributed by atoms with E-state index in [0.717, 1.165) is 0 Å². The molecule has 2 aromatic rings. The van der Waals surface area contributed by atoms with Crippen molar-refractivity contribution in [3.05, 3.63) is 52.8 Å². The molecule has 2 amide bonds. The maximum atomic E-state index is 14.0. The van der Waals surface area contributed by atoms with Crippen LogP contribution in [0.2, 0.25) is 5.02 Å². The lowest BCUT2D eigenvalue weighted by Gasteiger charge is -2.24. The molecule has 0 aliphatic heterocycles. The molecule has 0 spiro atoms. The molecular weight excluding hydrogens is 385 g/mol. The van der Waals surface area contributed by atoms with E-state index in [4.69, 9.17) is 16.3 Å². The first-order valence-corrected chi connectivity index (χ1v) is 9.00. The molecule has 1 atom stereocenters. The number of likely N-dealkylation sites (N-methyl/N-ethyl adjacent to an activating group) is 1. The summed E-state index contributed by atoms with van der Waals surface area (Å²) in [5.74, 6) is -0.433. The minimum atomic E-state index is -0.577. The predicted molar refractivity (Wildman–Crippen MR) is 108 cm³/mol. The minimum absolute atomic E-state index is 0.0567. The first-order valence-electron chi connectivity index (χ1n) is 8.63. The van der Waals surface area contributed by atoms with Crippen molar-refractivity contribution in [1.29, 1.82) is 0 Å². The molecule has 6 nitrogen and oxygen atoms in total. The van der Waals surface area contributed by atoms with E-state index in [1.54, 1.807) is 38.2 Å². The number of amides is 2. The SMILES string of the molecule is COc1cc(NC(C)C(=O)N(C)Cc2c(F)cccc2Cl)ccc1NC(C)=O. The number of carbonyl (C=O) groups excluding carboxylic acids is 2. The third-order valence-corrected chi connectivity index (χ3v) is 4.45. The molecule has 2 rings (SSSR count). The number of rotatable bonds is 7. The normalized spacial score (nSPS) is 11.5. The molecule has 150 valence electrons. The van der Waals surface area contributed by atoms with E-state index >= 15 is 0 Å². The Balaban J connectivity index is 2.08. The van der Waals surface area contributed by atoms with E-state index in [9.17, 15) is 14.0 Å². The van der Waals surface area contributed by atoms with Gasteiger partial charge < -0.3 is 20.3 Å². The highest BCUT2D eigenvalue weighted by Gasteiger charge is 2.20. The smallest absolute Gasteiger partial charge is 0.244 e. The maximum absolute atomic E-state index is 14.0. The molecule has 28 heavy (non-hydrogen) atoms. The number of halogens is 2. The van der Waals surface area contributed by atoms with Crippen LogP contribution in [0.3, 0.4) is 0 Å². The van der Waals surface area contributed by atoms with E-state index in [-0.39, 0.29) is 28.9 Å². The molecule has 8 heteroatoms. The monoisotopic (exact) mass is 407 g/mol. The molecule has 0 bridgehead atoms. The van der Waals surface area contributed by atoms with Crippen LogP contribution in [0, 0.1) is 5.82 Å². The van der Waals surface area contributed by atoms with Gasteiger partial charge in [0.2, 0.25) is 11.8 Å². The van der Waals surface area contributed by atoms with Crippen LogP contribution in [-0.4, -0.2) is 36.9 Å². The zero-order valence-electron chi connectivity index (χ0n) is 16.2. The average Bonchev–Trinajstić information content (AvgIpc) is 2.64. The summed E-state index contributed by atoms with van der Waals surface area (Å²) in [5, 5.41) is 6.03. The molecule has 2 N–H and O–H groups in total. The number of benzene rings is 2. The van der Waals surface area contributed by atoms with Crippen LogP contribution < -0.4 is 15.4 Å². The second kappa shape index (κ2) is 9.41. The highest BCUT2D eigenvalue weighted by atomic mass is 35.5. The molecule has 0 heterocycles. The summed E-state index contributed by atoms with van der Waals surface area (Å²) >= 11 is 6.03. The van der Waals surface area contributed by atoms with Crippen molar-refractivity contribution in [2.45, 2.75) is 26.4 Å². The molecule has 0 aliphatic rings. The number of nitrogens with one attached hydrogen (secondary N) is 2. The van der Waals surface area contributed by atoms with Crippen LogP contribution in [0.15, 0.2) is 36.4 Å². The number of hydrogen-bond donors (Lipinski definition) is 2. The van der Waals surface area contributed by atoms with Gasteiger partial charge in [0, 0.05) is 42.9 Å². The van der Waals surface area contributed by atoms with E-state index in [2.05, 4.69) is 10.6 Å². The van der Waals surface area contributed by atoms with Crippen molar-refractivity contribution in [1.82, 2.24) is 4.90 Å². The van der Waals surface area contributed by atoms with Gasteiger partial charge in [0.25, 0.3) is 0 Å². The van der Waals surface area contributed by atoms with Crippen molar-refractivity contribution in [3.8, 4) is 5.75 Å². The fourth-order valence-electron chi connectivity index (χ4n) is 2.71. The first-order chi connectivity index (χ1) is 13.2. The summed E-state index contributed by atoms with van der Waals surface area (Å²) in [6.07, 6.45) is 0. The Morgan fingerprint density at radius 1 is 1.29 bits per heavy atom. The Labute approximate surface area is 168 Å². The van der Waals surface area contributed by atoms with Gasteiger partial charge in [-0.25, -0.2) is 4.39 Å². The van der Waals surface area contributed by atoms with Crippen molar-refractivity contribution < 1.29 is 18.7 Å². The van der Waals surface area contributed by atoms with Gasteiger partial charge in [-0.15, -0.1) is 0 Å². The van der Waals surface area contributed by atoms with Gasteiger partial charge in [-0.1, -0.05) is 17.7 Å². The number of nitrogens with zero attached hydrogens (tertiary/aromatic N) is 1. The van der Waals surface area contributed by atoms with Gasteiger partial charge in [0.05, 0.1) is 12.8 Å². The van der Waals surface area contributed by atoms with Gasteiger partial charge in [-0.2, -0.15) is 0 Å². The van der Waals surface area contributed by atoms with Gasteiger partial charge in [0.1, 0.15) is 17.6 Å². The van der Waals surface area contributed by atoms with Crippen LogP contribution in [-0.2, 0) is 16.1 Å². The highest BCUT2D eigenvalue weighted by Crippen LogP contribution is 2.28. The van der Waals surface area contributed by atoms with Crippen LogP contribution in [0.5, 0.6) is 5.75 Å². The van der Waals surface area contributed by atoms with E-state index in [1.807, 2.05) is 0 Å². The van der Waals surface area contributed by atoms with E-state index < -0.39 is 11.9 Å². The number of hydrogen-bond acceptors (Lipinski definition) is 4. The molecule has 0 fully saturated rings. The van der Waals surface area contributed by atoms with Crippen molar-refractivity contribution >= 4 is 34.8 Å². The molecule has 0 saturated heterocycles. The average molecular weight is 408 g/mol. The van der Waals surface area contributed by atoms with Crippen LogP contribution >= 0.6 is 11.6 Å². The molecule has 1 unspecified atom stereocenters. The summed E-state index contributed by atoms with van der Waals surface area (Å²) in [4.78, 5) is 25.3. The summed E-state index contributed by atoms with van der Waals surface area (Å²) in [5.41, 5.74) is 1.45. The maximum Gasteiger partial charge on any atom is 0.244 e. The number of methoxy groups -OCH3 is 1. The Morgan fingerprint density at radius 3 is 2.61 bits per heavy atom. The molecule has 2 aromatic carbocycles. The largest absolute Gasteiger partial charge is 0.494 e. The van der Waals surface area contributed by atoms with Crippen LogP contribution in [0.4, 0.5) is 15.8 Å². The van der Waals surface area contributed by atoms with Gasteiger partial charge in [0.15, 0.2) is 0 Å². The molecule has 0 aromatic heterocycles. The number of anilines is 2. The Morgan fingerprint density at radius 2 is 2.00 bits per heavy atom. The molecule has 0 aliphatic carbocycles. The topological polar surface area (TPSA) is 70.7 Å². The number of ether oxygens (including phenoxy) is 1. The van der Waals surface area contributed by atoms with Gasteiger partial charge >= 0.3 is 0 Å². The molecule has 0 saturated carbocycles. The summed E-state index contributed by atoms with van der Waals surface area (Å²) < 4.78 is 19.2. The second-order valence-corrected chi connectivity index (χ2v) is 6.76. The Bertz CT molecular complexity index is 856. The lowest BCUT2D eigenvalue weighted by Crippen LogP contribution is -2.38. The van der Waals surface area contributed by atoms with Crippen LogP contribution in [0.25, 0.3) is 0 Å². The second-order valence-electron chi connectivity index (χ2n) is 6.36. The summed E-state index contributed by atoms with van der Waals surface area (Å²) in [6.45, 7) is 3.17. The number of carbonyl (C=O) groups is 2. The van der Waals surface area contributed by atoms with Crippen molar-refractivity contribution in [2.24, 2.45) is 0 Å². The van der Waals surface area contributed by atoms with Gasteiger partial charge in [-0.05, 0) is 31.2 Å². The zero-order chi connectivity index (χ0) is 20.8. The lowest BCUT2D eigenvalue weighted by molar-refractivity contribution is -0.130. The van der Waals surface area contributed by atoms with Crippen molar-refractivity contribution in [2.75, 3.05) is 24.8 Å². The molecule has 0 radical (unpaired) electrons. The lowest BCUT2D eigenvalue weighted by atomic mass is 10.1. The van der Waals surface area contributed by atoms with Gasteiger partial charge in [-0.3, -0.25) is 9.59 Å². The van der Waals surface area contributed by atoms with E-state index in [1.165, 1.54) is 31.1 Å². The predicted octanol–water partition coefficient (Wildman–Crippen LogP) is 3.91.